The van der Waals surface area contributed by atoms with Crippen LogP contribution in [0, 0.1) is 0 Å². The van der Waals surface area contributed by atoms with E-state index in [4.69, 9.17) is 9.47 Å². The molecule has 0 unspecified atom stereocenters. The summed E-state index contributed by atoms with van der Waals surface area (Å²) in [5.74, 6) is 1.04. The van der Waals surface area contributed by atoms with Crippen LogP contribution in [0.15, 0.2) is 53.4 Å². The van der Waals surface area contributed by atoms with Gasteiger partial charge in [-0.3, -0.25) is 4.79 Å². The first kappa shape index (κ1) is 19.1. The minimum Gasteiger partial charge on any atom is -0.454 e. The summed E-state index contributed by atoms with van der Waals surface area (Å²) in [6, 6.07) is 11.4. The van der Waals surface area contributed by atoms with Crippen molar-refractivity contribution in [1.82, 2.24) is 4.31 Å². The monoisotopic (exact) mass is 387 g/mol. The number of sulfonamides is 1. The summed E-state index contributed by atoms with van der Waals surface area (Å²) in [6.07, 6.45) is 3.10. The average Bonchev–Trinajstić information content (AvgIpc) is 3.16. The molecule has 0 atom stereocenters. The van der Waals surface area contributed by atoms with Crippen molar-refractivity contribution in [2.45, 2.75) is 18.7 Å². The Morgan fingerprint density at radius 1 is 1.07 bits per heavy atom. The third-order valence-corrected chi connectivity index (χ3v) is 6.39. The Morgan fingerprint density at radius 3 is 2.44 bits per heavy atom. The fourth-order valence-electron chi connectivity index (χ4n) is 2.85. The minimum atomic E-state index is -3.53. The highest BCUT2D eigenvalue weighted by Gasteiger charge is 2.21. The number of hydrogen-bond acceptors (Lipinski definition) is 5. The minimum absolute atomic E-state index is 0.163. The van der Waals surface area contributed by atoms with Crippen LogP contribution in [0.3, 0.4) is 0 Å². The second-order valence-electron chi connectivity index (χ2n) is 5.89. The lowest BCUT2D eigenvalue weighted by atomic mass is 10.1. The Hall–Kier alpha value is -2.64. The van der Waals surface area contributed by atoms with E-state index in [0.29, 0.717) is 30.2 Å². The molecule has 0 radical (unpaired) electrons. The highest BCUT2D eigenvalue weighted by Crippen LogP contribution is 2.36. The van der Waals surface area contributed by atoms with E-state index < -0.39 is 10.0 Å². The molecule has 0 aliphatic carbocycles. The van der Waals surface area contributed by atoms with Crippen LogP contribution in [0.4, 0.5) is 0 Å². The van der Waals surface area contributed by atoms with E-state index in [2.05, 4.69) is 0 Å². The van der Waals surface area contributed by atoms with E-state index in [1.807, 2.05) is 12.1 Å². The van der Waals surface area contributed by atoms with E-state index in [1.54, 1.807) is 26.0 Å². The lowest BCUT2D eigenvalue weighted by molar-refractivity contribution is 0.104. The summed E-state index contributed by atoms with van der Waals surface area (Å²) in [7, 11) is -3.53. The summed E-state index contributed by atoms with van der Waals surface area (Å²) in [4.78, 5) is 12.6. The maximum Gasteiger partial charge on any atom is 0.243 e. The maximum atomic E-state index is 12.5. The Kier molecular flexibility index (Phi) is 5.62. The van der Waals surface area contributed by atoms with E-state index in [-0.39, 0.29) is 17.5 Å². The number of carbonyl (C=O) groups is 1. The Labute approximate surface area is 159 Å². The second kappa shape index (κ2) is 7.94. The third kappa shape index (κ3) is 3.89. The standard InChI is InChI=1S/C20H21NO5S/c1-3-21(4-2)27(23,24)17-11-8-15(9-12-17)18(22)13-10-16-6-5-7-19-20(16)26-14-25-19/h5-13H,3-4,14H2,1-2H3. The van der Waals surface area contributed by atoms with Crippen LogP contribution in [0.1, 0.15) is 29.8 Å². The van der Waals surface area contributed by atoms with Crippen LogP contribution >= 0.6 is 0 Å². The van der Waals surface area contributed by atoms with Gasteiger partial charge in [0, 0.05) is 24.2 Å². The number of benzene rings is 2. The van der Waals surface area contributed by atoms with Gasteiger partial charge in [0.2, 0.25) is 16.8 Å². The van der Waals surface area contributed by atoms with Crippen molar-refractivity contribution >= 4 is 21.9 Å². The molecule has 0 saturated heterocycles. The fourth-order valence-corrected chi connectivity index (χ4v) is 4.31. The number of rotatable bonds is 7. The number of ether oxygens (including phenoxy) is 2. The van der Waals surface area contributed by atoms with E-state index in [0.717, 1.165) is 5.56 Å². The number of para-hydroxylation sites is 1. The number of nitrogens with zero attached hydrogens (tertiary/aromatic N) is 1. The smallest absolute Gasteiger partial charge is 0.243 e. The molecule has 142 valence electrons. The van der Waals surface area contributed by atoms with Crippen molar-refractivity contribution in [1.29, 1.82) is 0 Å². The molecule has 0 aromatic heterocycles. The molecule has 0 amide bonds. The first-order valence-corrected chi connectivity index (χ1v) is 10.1. The quantitative estimate of drug-likeness (QED) is 0.538. The van der Waals surface area contributed by atoms with Crippen molar-refractivity contribution in [3.05, 3.63) is 59.7 Å². The number of fused-ring (bicyclic) bond motifs is 1. The topological polar surface area (TPSA) is 72.9 Å². The molecule has 1 heterocycles. The molecule has 2 aromatic rings. The molecule has 0 fully saturated rings. The van der Waals surface area contributed by atoms with Gasteiger partial charge in [0.05, 0.1) is 4.90 Å². The maximum absolute atomic E-state index is 12.5. The predicted molar refractivity (Wildman–Crippen MR) is 102 cm³/mol. The normalized spacial score (nSPS) is 13.4. The highest BCUT2D eigenvalue weighted by atomic mass is 32.2. The van der Waals surface area contributed by atoms with E-state index in [1.165, 1.54) is 34.6 Å². The second-order valence-corrected chi connectivity index (χ2v) is 7.83. The predicted octanol–water partition coefficient (Wildman–Crippen LogP) is 3.34. The van der Waals surface area contributed by atoms with Crippen LogP contribution in [0.2, 0.25) is 0 Å². The van der Waals surface area contributed by atoms with Crippen molar-refractivity contribution in [3.63, 3.8) is 0 Å². The molecule has 2 aromatic carbocycles. The van der Waals surface area contributed by atoms with Crippen molar-refractivity contribution in [2.24, 2.45) is 0 Å². The molecule has 1 aliphatic rings. The van der Waals surface area contributed by atoms with Gasteiger partial charge in [-0.1, -0.05) is 26.0 Å². The highest BCUT2D eigenvalue weighted by molar-refractivity contribution is 7.89. The average molecular weight is 387 g/mol. The van der Waals surface area contributed by atoms with Crippen molar-refractivity contribution in [2.75, 3.05) is 19.9 Å². The molecule has 7 heteroatoms. The van der Waals surface area contributed by atoms with E-state index in [9.17, 15) is 13.2 Å². The van der Waals surface area contributed by atoms with Crippen LogP contribution < -0.4 is 9.47 Å². The summed E-state index contributed by atoms with van der Waals surface area (Å²) in [5.41, 5.74) is 1.16. The summed E-state index contributed by atoms with van der Waals surface area (Å²) in [5, 5.41) is 0. The molecular formula is C20H21NO5S. The molecule has 0 spiro atoms. The van der Waals surface area contributed by atoms with Gasteiger partial charge in [0.15, 0.2) is 17.3 Å². The van der Waals surface area contributed by atoms with Crippen LogP contribution in [0.5, 0.6) is 11.5 Å². The van der Waals surface area contributed by atoms with Crippen LogP contribution in [0.25, 0.3) is 6.08 Å². The van der Waals surface area contributed by atoms with Crippen LogP contribution in [-0.4, -0.2) is 38.4 Å². The molecule has 0 N–H and O–H groups in total. The van der Waals surface area contributed by atoms with Gasteiger partial charge in [-0.15, -0.1) is 0 Å². The van der Waals surface area contributed by atoms with E-state index >= 15 is 0 Å². The Morgan fingerprint density at radius 2 is 1.78 bits per heavy atom. The van der Waals surface area contributed by atoms with Gasteiger partial charge in [-0.2, -0.15) is 4.31 Å². The zero-order valence-electron chi connectivity index (χ0n) is 15.2. The first-order valence-electron chi connectivity index (χ1n) is 8.68. The third-order valence-electron chi connectivity index (χ3n) is 4.32. The number of hydrogen-bond donors (Lipinski definition) is 0. The SMILES string of the molecule is CCN(CC)S(=O)(=O)c1ccc(C(=O)C=Cc2cccc3c2OCO3)cc1. The zero-order valence-corrected chi connectivity index (χ0v) is 16.0. The molecule has 0 bridgehead atoms. The molecule has 0 saturated carbocycles. The molecular weight excluding hydrogens is 366 g/mol. The largest absolute Gasteiger partial charge is 0.454 e. The first-order chi connectivity index (χ1) is 13.0. The van der Waals surface area contributed by atoms with Gasteiger partial charge in [-0.25, -0.2) is 8.42 Å². The number of allylic oxidation sites excluding steroid dienone is 1. The lowest BCUT2D eigenvalue weighted by Crippen LogP contribution is -2.30. The van der Waals surface area contributed by atoms with Crippen molar-refractivity contribution in [3.8, 4) is 11.5 Å². The van der Waals surface area contributed by atoms with Gasteiger partial charge in [-0.05, 0) is 42.5 Å². The molecule has 6 nitrogen and oxygen atoms in total. The summed E-state index contributed by atoms with van der Waals surface area (Å²) >= 11 is 0. The van der Waals surface area contributed by atoms with Gasteiger partial charge < -0.3 is 9.47 Å². The van der Waals surface area contributed by atoms with Gasteiger partial charge in [0.25, 0.3) is 0 Å². The number of carbonyl (C=O) groups excluding carboxylic acids is 1. The molecule has 1 aliphatic heterocycles. The summed E-state index contributed by atoms with van der Waals surface area (Å²) < 4.78 is 37.1. The Balaban J connectivity index is 1.78. The van der Waals surface area contributed by atoms with Crippen LogP contribution in [-0.2, 0) is 10.0 Å². The lowest BCUT2D eigenvalue weighted by Gasteiger charge is -2.18. The van der Waals surface area contributed by atoms with Gasteiger partial charge in [0.1, 0.15) is 0 Å². The molecule has 3 rings (SSSR count). The van der Waals surface area contributed by atoms with Crippen molar-refractivity contribution < 1.29 is 22.7 Å². The Bertz CT molecular complexity index is 960. The fraction of sp³-hybridized carbons (Fsp3) is 0.250. The summed E-state index contributed by atoms with van der Waals surface area (Å²) in [6.45, 7) is 4.54. The van der Waals surface area contributed by atoms with Gasteiger partial charge >= 0.3 is 0 Å². The zero-order chi connectivity index (χ0) is 19.4. The number of ketones is 1. The molecule has 27 heavy (non-hydrogen) atoms.